The van der Waals surface area contributed by atoms with E-state index in [1.807, 2.05) is 43.3 Å². The Morgan fingerprint density at radius 3 is 2.32 bits per heavy atom. The van der Waals surface area contributed by atoms with Gasteiger partial charge in [0, 0.05) is 18.2 Å². The molecule has 1 N–H and O–H groups in total. The Hall–Kier alpha value is -4.63. The van der Waals surface area contributed by atoms with E-state index in [1.165, 1.54) is 4.31 Å². The van der Waals surface area contributed by atoms with Crippen molar-refractivity contribution in [2.75, 3.05) is 15.7 Å². The molecule has 41 heavy (non-hydrogen) atoms. The van der Waals surface area contributed by atoms with Crippen LogP contribution in [0.2, 0.25) is 0 Å². The van der Waals surface area contributed by atoms with E-state index in [9.17, 15) is 18.0 Å². The van der Waals surface area contributed by atoms with Gasteiger partial charge >= 0.3 is 0 Å². The highest BCUT2D eigenvalue weighted by Gasteiger charge is 2.38. The Bertz CT molecular complexity index is 1710. The highest BCUT2D eigenvalue weighted by atomic mass is 32.2. The van der Waals surface area contributed by atoms with Crippen LogP contribution in [0.5, 0.6) is 5.75 Å². The summed E-state index contributed by atoms with van der Waals surface area (Å²) in [7, 11) is -3.76. The van der Waals surface area contributed by atoms with Crippen molar-refractivity contribution in [1.29, 1.82) is 0 Å². The topological polar surface area (TPSA) is 96.0 Å². The second-order valence-corrected chi connectivity index (χ2v) is 12.0. The zero-order chi connectivity index (χ0) is 28.6. The van der Waals surface area contributed by atoms with Crippen LogP contribution in [0.3, 0.4) is 0 Å². The Labute approximate surface area is 239 Å². The number of ether oxygens (including phenoxy) is 1. The maximum absolute atomic E-state index is 13.9. The van der Waals surface area contributed by atoms with Crippen molar-refractivity contribution < 1.29 is 22.7 Å². The fourth-order valence-electron chi connectivity index (χ4n) is 5.43. The van der Waals surface area contributed by atoms with Crippen LogP contribution in [0.4, 0.5) is 11.4 Å². The van der Waals surface area contributed by atoms with Crippen LogP contribution in [0.15, 0.2) is 108 Å². The number of carbonyl (C=O) groups excluding carboxylic acids is 2. The number of para-hydroxylation sites is 2. The number of nitrogens with zero attached hydrogens (tertiary/aromatic N) is 2. The van der Waals surface area contributed by atoms with Crippen molar-refractivity contribution in [3.05, 3.63) is 120 Å². The number of nitrogens with one attached hydrogen (secondary N) is 1. The summed E-state index contributed by atoms with van der Waals surface area (Å²) in [4.78, 5) is 28.8. The first-order valence-electron chi connectivity index (χ1n) is 13.4. The van der Waals surface area contributed by atoms with E-state index in [0.29, 0.717) is 35.7 Å². The van der Waals surface area contributed by atoms with E-state index in [0.717, 1.165) is 11.1 Å². The smallest absolute Gasteiger partial charge is 0.264 e. The van der Waals surface area contributed by atoms with Gasteiger partial charge in [-0.25, -0.2) is 8.42 Å². The summed E-state index contributed by atoms with van der Waals surface area (Å²) in [6.45, 7) is 2.25. The van der Waals surface area contributed by atoms with Crippen LogP contribution >= 0.6 is 0 Å². The van der Waals surface area contributed by atoms with E-state index in [4.69, 9.17) is 4.74 Å². The largest absolute Gasteiger partial charge is 0.477 e. The van der Waals surface area contributed by atoms with Gasteiger partial charge in [0.05, 0.1) is 22.8 Å². The molecular formula is C32H29N3O5S. The molecule has 2 unspecified atom stereocenters. The average Bonchev–Trinajstić information content (AvgIpc) is 3.35. The Balaban J connectivity index is 1.26. The van der Waals surface area contributed by atoms with E-state index in [1.54, 1.807) is 71.6 Å². The van der Waals surface area contributed by atoms with Crippen molar-refractivity contribution in [2.45, 2.75) is 36.9 Å². The summed E-state index contributed by atoms with van der Waals surface area (Å²) in [5.74, 6) is -0.158. The van der Waals surface area contributed by atoms with Crippen molar-refractivity contribution in [3.8, 4) is 5.75 Å². The summed E-state index contributed by atoms with van der Waals surface area (Å²) >= 11 is 0. The molecule has 0 aromatic heterocycles. The molecule has 2 heterocycles. The van der Waals surface area contributed by atoms with Crippen molar-refractivity contribution in [3.63, 3.8) is 0 Å². The van der Waals surface area contributed by atoms with Crippen molar-refractivity contribution >= 4 is 33.2 Å². The molecule has 2 amide bonds. The van der Waals surface area contributed by atoms with Gasteiger partial charge in [0.15, 0.2) is 6.10 Å². The Kier molecular flexibility index (Phi) is 6.96. The second-order valence-electron chi connectivity index (χ2n) is 10.2. The summed E-state index contributed by atoms with van der Waals surface area (Å²) in [6.07, 6.45) is -0.411. The predicted octanol–water partition coefficient (Wildman–Crippen LogP) is 4.55. The van der Waals surface area contributed by atoms with Gasteiger partial charge in [-0.05, 0) is 66.9 Å². The molecule has 0 spiro atoms. The van der Waals surface area contributed by atoms with Crippen LogP contribution in [-0.2, 0) is 27.8 Å². The van der Waals surface area contributed by atoms with Crippen LogP contribution in [0.25, 0.3) is 0 Å². The molecule has 4 aromatic carbocycles. The molecule has 6 rings (SSSR count). The number of rotatable bonds is 6. The second kappa shape index (κ2) is 10.7. The summed E-state index contributed by atoms with van der Waals surface area (Å²) in [5, 5.41) is 2.91. The number of sulfonamides is 1. The Morgan fingerprint density at radius 1 is 0.878 bits per heavy atom. The predicted molar refractivity (Wildman–Crippen MR) is 157 cm³/mol. The highest BCUT2D eigenvalue weighted by molar-refractivity contribution is 7.92. The first-order chi connectivity index (χ1) is 19.8. The van der Waals surface area contributed by atoms with Crippen LogP contribution < -0.4 is 19.3 Å². The van der Waals surface area contributed by atoms with E-state index in [2.05, 4.69) is 5.32 Å². The minimum Gasteiger partial charge on any atom is -0.477 e. The highest BCUT2D eigenvalue weighted by Crippen LogP contribution is 2.39. The molecule has 2 atom stereocenters. The molecule has 4 aromatic rings. The molecule has 9 heteroatoms. The molecule has 2 aliphatic heterocycles. The third-order valence-electron chi connectivity index (χ3n) is 7.40. The maximum Gasteiger partial charge on any atom is 0.264 e. The standard InChI is InChI=1S/C32H29N3O5S/c1-22-18-25-19-24(16-17-27(25)35(22)41(38,39)26-12-6-3-7-13-26)32(37)34-21-30(40-29-15-9-8-14-28(29)34)31(36)33-20-23-10-4-2-5-11-23/h2-17,19,22,30H,18,20-21H2,1H3,(H,33,36). The number of fused-ring (bicyclic) bond motifs is 2. The molecule has 0 saturated carbocycles. The summed E-state index contributed by atoms with van der Waals surface area (Å²) < 4.78 is 34.3. The number of hydrogen-bond acceptors (Lipinski definition) is 5. The molecule has 208 valence electrons. The van der Waals surface area contributed by atoms with Gasteiger partial charge in [0.2, 0.25) is 0 Å². The van der Waals surface area contributed by atoms with Gasteiger partial charge in [-0.1, -0.05) is 60.7 Å². The molecule has 8 nitrogen and oxygen atoms in total. The lowest BCUT2D eigenvalue weighted by Crippen LogP contribution is -2.50. The van der Waals surface area contributed by atoms with E-state index >= 15 is 0 Å². The lowest BCUT2D eigenvalue weighted by molar-refractivity contribution is -0.128. The fraction of sp³-hybridized carbons (Fsp3) is 0.188. The number of anilines is 2. The van der Waals surface area contributed by atoms with Gasteiger partial charge in [0.1, 0.15) is 5.75 Å². The quantitative estimate of drug-likeness (QED) is 0.369. The monoisotopic (exact) mass is 567 g/mol. The third-order valence-corrected chi connectivity index (χ3v) is 9.34. The number of carbonyl (C=O) groups is 2. The third kappa shape index (κ3) is 5.04. The molecule has 0 saturated heterocycles. The lowest BCUT2D eigenvalue weighted by atomic mass is 10.0. The maximum atomic E-state index is 13.9. The summed E-state index contributed by atoms with van der Waals surface area (Å²) in [5.41, 5.74) is 3.29. The molecule has 2 aliphatic rings. The zero-order valence-corrected chi connectivity index (χ0v) is 23.3. The van der Waals surface area contributed by atoms with E-state index in [-0.39, 0.29) is 29.3 Å². The molecule has 0 aliphatic carbocycles. The normalized spacial score (nSPS) is 17.8. The van der Waals surface area contributed by atoms with E-state index < -0.39 is 16.1 Å². The van der Waals surface area contributed by atoms with Crippen LogP contribution in [0.1, 0.15) is 28.4 Å². The minimum absolute atomic E-state index is 0.0401. The molecule has 0 fully saturated rings. The number of amides is 2. The number of benzene rings is 4. The van der Waals surface area contributed by atoms with Crippen molar-refractivity contribution in [1.82, 2.24) is 5.32 Å². The Morgan fingerprint density at radius 2 is 1.56 bits per heavy atom. The average molecular weight is 568 g/mol. The molecular weight excluding hydrogens is 538 g/mol. The van der Waals surface area contributed by atoms with Crippen molar-refractivity contribution in [2.24, 2.45) is 0 Å². The minimum atomic E-state index is -3.76. The SMILES string of the molecule is CC1Cc2cc(C(=O)N3CC(C(=O)NCc4ccccc4)Oc4ccccc43)ccc2N1S(=O)(=O)c1ccccc1. The fourth-order valence-corrected chi connectivity index (χ4v) is 7.14. The van der Waals surface area contributed by atoms with Gasteiger partial charge in [0.25, 0.3) is 21.8 Å². The van der Waals surface area contributed by atoms with Gasteiger partial charge in [-0.15, -0.1) is 0 Å². The van der Waals surface area contributed by atoms with Gasteiger partial charge in [-0.3, -0.25) is 13.9 Å². The van der Waals surface area contributed by atoms with Crippen LogP contribution in [-0.4, -0.2) is 38.9 Å². The first-order valence-corrected chi connectivity index (χ1v) is 14.9. The number of hydrogen-bond donors (Lipinski definition) is 1. The zero-order valence-electron chi connectivity index (χ0n) is 22.4. The van der Waals surface area contributed by atoms with Gasteiger partial charge < -0.3 is 15.0 Å². The summed E-state index contributed by atoms with van der Waals surface area (Å²) in [6, 6.07) is 29.9. The van der Waals surface area contributed by atoms with Crippen LogP contribution in [0, 0.1) is 0 Å². The van der Waals surface area contributed by atoms with Gasteiger partial charge in [-0.2, -0.15) is 0 Å². The molecule has 0 bridgehead atoms. The first kappa shape index (κ1) is 26.6. The molecule has 0 radical (unpaired) electrons. The lowest BCUT2D eigenvalue weighted by Gasteiger charge is -2.34.